The van der Waals surface area contributed by atoms with Crippen molar-refractivity contribution in [1.82, 2.24) is 4.98 Å². The van der Waals surface area contributed by atoms with Gasteiger partial charge < -0.3 is 4.42 Å². The number of hydrogen-bond donors (Lipinski definition) is 0. The highest BCUT2D eigenvalue weighted by Crippen LogP contribution is 2.39. The summed E-state index contributed by atoms with van der Waals surface area (Å²) >= 11 is 0. The molecule has 3 rings (SSSR count). The molecule has 0 unspecified atom stereocenters. The molecule has 1 aromatic carbocycles. The Labute approximate surface area is 117 Å². The molecule has 2 aromatic heterocycles. The third kappa shape index (κ3) is 2.29. The number of pyridine rings is 1. The van der Waals surface area contributed by atoms with Gasteiger partial charge in [0.15, 0.2) is 12.0 Å². The smallest absolute Gasteiger partial charge is 0.417 e. The first-order valence-electron chi connectivity index (χ1n) is 6.00. The van der Waals surface area contributed by atoms with Gasteiger partial charge in [-0.3, -0.25) is 9.78 Å². The van der Waals surface area contributed by atoms with Gasteiger partial charge in [0.2, 0.25) is 0 Å². The maximum atomic E-state index is 13.1. The third-order valence-electron chi connectivity index (χ3n) is 3.08. The standard InChI is InChI=1S/C15H8F3NO2/c16-15(17,18)13-4-2-1-3-11(13)12-7-19-6-9-5-10(8-20)21-14(9)12/h1-8H. The number of carbonyl (C=O) groups is 1. The highest BCUT2D eigenvalue weighted by molar-refractivity contribution is 5.95. The van der Waals surface area contributed by atoms with Crippen molar-refractivity contribution in [2.45, 2.75) is 6.18 Å². The number of carbonyl (C=O) groups excluding carboxylic acids is 1. The van der Waals surface area contributed by atoms with Crippen molar-refractivity contribution >= 4 is 17.3 Å². The molecular formula is C15H8F3NO2. The lowest BCUT2D eigenvalue weighted by molar-refractivity contribution is -0.137. The van der Waals surface area contributed by atoms with Gasteiger partial charge in [0.25, 0.3) is 0 Å². The fourth-order valence-electron chi connectivity index (χ4n) is 2.20. The van der Waals surface area contributed by atoms with E-state index in [-0.39, 0.29) is 22.5 Å². The van der Waals surface area contributed by atoms with Crippen LogP contribution in [-0.4, -0.2) is 11.3 Å². The van der Waals surface area contributed by atoms with Crippen LogP contribution in [0.5, 0.6) is 0 Å². The van der Waals surface area contributed by atoms with Crippen LogP contribution in [0, 0.1) is 0 Å². The first-order chi connectivity index (χ1) is 10.0. The van der Waals surface area contributed by atoms with Crippen LogP contribution in [0.3, 0.4) is 0 Å². The molecule has 0 spiro atoms. The Balaban J connectivity index is 2.31. The Morgan fingerprint density at radius 3 is 2.57 bits per heavy atom. The maximum Gasteiger partial charge on any atom is 0.417 e. The lowest BCUT2D eigenvalue weighted by atomic mass is 10.00. The Bertz CT molecular complexity index is 821. The largest absolute Gasteiger partial charge is 0.453 e. The van der Waals surface area contributed by atoms with Crippen LogP contribution < -0.4 is 0 Å². The molecular weight excluding hydrogens is 283 g/mol. The minimum absolute atomic E-state index is 0.0325. The minimum Gasteiger partial charge on any atom is -0.453 e. The first-order valence-corrected chi connectivity index (χ1v) is 6.00. The van der Waals surface area contributed by atoms with Gasteiger partial charge in [0.1, 0.15) is 5.58 Å². The summed E-state index contributed by atoms with van der Waals surface area (Å²) in [5.41, 5.74) is -0.393. The lowest BCUT2D eigenvalue weighted by Crippen LogP contribution is -2.06. The Morgan fingerprint density at radius 1 is 1.10 bits per heavy atom. The number of rotatable bonds is 2. The molecule has 0 bridgehead atoms. The van der Waals surface area contributed by atoms with Crippen LogP contribution in [0.1, 0.15) is 16.1 Å². The molecule has 3 nitrogen and oxygen atoms in total. The molecule has 0 fully saturated rings. The highest BCUT2D eigenvalue weighted by atomic mass is 19.4. The zero-order valence-electron chi connectivity index (χ0n) is 10.5. The number of furan rings is 1. The summed E-state index contributed by atoms with van der Waals surface area (Å²) in [7, 11) is 0. The van der Waals surface area contributed by atoms with Crippen LogP contribution in [-0.2, 0) is 6.18 Å². The second-order valence-corrected chi connectivity index (χ2v) is 4.42. The van der Waals surface area contributed by atoms with E-state index >= 15 is 0 Å². The molecule has 0 radical (unpaired) electrons. The summed E-state index contributed by atoms with van der Waals surface area (Å²) in [6.07, 6.45) is -1.26. The fourth-order valence-corrected chi connectivity index (χ4v) is 2.20. The molecule has 6 heteroatoms. The lowest BCUT2D eigenvalue weighted by Gasteiger charge is -2.12. The number of aromatic nitrogens is 1. The second-order valence-electron chi connectivity index (χ2n) is 4.42. The first kappa shape index (κ1) is 13.4. The molecule has 0 aliphatic rings. The van der Waals surface area contributed by atoms with E-state index in [1.165, 1.54) is 36.7 Å². The molecule has 0 aliphatic heterocycles. The Hall–Kier alpha value is -2.63. The number of alkyl halides is 3. The van der Waals surface area contributed by atoms with Gasteiger partial charge in [-0.25, -0.2) is 0 Å². The summed E-state index contributed by atoms with van der Waals surface area (Å²) in [5, 5.41) is 0.478. The predicted octanol–water partition coefficient (Wildman–Crippen LogP) is 4.33. The van der Waals surface area contributed by atoms with Crippen molar-refractivity contribution < 1.29 is 22.4 Å². The molecule has 0 atom stereocenters. The maximum absolute atomic E-state index is 13.1. The number of halogens is 3. The molecule has 0 saturated carbocycles. The SMILES string of the molecule is O=Cc1cc2cncc(-c3ccccc3C(F)(F)F)c2o1. The van der Waals surface area contributed by atoms with E-state index in [0.29, 0.717) is 11.7 Å². The third-order valence-corrected chi connectivity index (χ3v) is 3.08. The van der Waals surface area contributed by atoms with E-state index < -0.39 is 11.7 Å². The summed E-state index contributed by atoms with van der Waals surface area (Å²) < 4.78 is 44.6. The van der Waals surface area contributed by atoms with Crippen molar-refractivity contribution in [2.75, 3.05) is 0 Å². The van der Waals surface area contributed by atoms with E-state index in [9.17, 15) is 18.0 Å². The number of nitrogens with zero attached hydrogens (tertiary/aromatic N) is 1. The molecule has 0 N–H and O–H groups in total. The van der Waals surface area contributed by atoms with Crippen LogP contribution in [0.2, 0.25) is 0 Å². The van der Waals surface area contributed by atoms with Crippen molar-refractivity contribution in [2.24, 2.45) is 0 Å². The molecule has 0 amide bonds. The quantitative estimate of drug-likeness (QED) is 0.660. The van der Waals surface area contributed by atoms with E-state index in [1.54, 1.807) is 0 Å². The minimum atomic E-state index is -4.49. The fraction of sp³-hybridized carbons (Fsp3) is 0.0667. The van der Waals surface area contributed by atoms with Gasteiger partial charge >= 0.3 is 6.18 Å². The molecule has 2 heterocycles. The zero-order chi connectivity index (χ0) is 15.0. The number of benzene rings is 1. The van der Waals surface area contributed by atoms with Crippen LogP contribution in [0.25, 0.3) is 22.1 Å². The zero-order valence-corrected chi connectivity index (χ0v) is 10.5. The van der Waals surface area contributed by atoms with E-state index in [1.807, 2.05) is 0 Å². The van der Waals surface area contributed by atoms with Crippen molar-refractivity contribution in [3.63, 3.8) is 0 Å². The van der Waals surface area contributed by atoms with Gasteiger partial charge in [-0.05, 0) is 17.7 Å². The van der Waals surface area contributed by atoms with E-state index in [0.717, 1.165) is 6.07 Å². The highest BCUT2D eigenvalue weighted by Gasteiger charge is 2.34. The molecule has 0 aliphatic carbocycles. The number of fused-ring (bicyclic) bond motifs is 1. The normalized spacial score (nSPS) is 11.8. The Kier molecular flexibility index (Phi) is 3.01. The van der Waals surface area contributed by atoms with Gasteiger partial charge in [0.05, 0.1) is 5.56 Å². The molecule has 0 saturated heterocycles. The van der Waals surface area contributed by atoms with Crippen molar-refractivity contribution in [1.29, 1.82) is 0 Å². The summed E-state index contributed by atoms with van der Waals surface area (Å²) in [5.74, 6) is 0.0451. The topological polar surface area (TPSA) is 43.1 Å². The number of hydrogen-bond acceptors (Lipinski definition) is 3. The summed E-state index contributed by atoms with van der Waals surface area (Å²) in [6.45, 7) is 0. The van der Waals surface area contributed by atoms with E-state index in [4.69, 9.17) is 4.42 Å². The molecule has 3 aromatic rings. The van der Waals surface area contributed by atoms with Gasteiger partial charge in [-0.1, -0.05) is 18.2 Å². The van der Waals surface area contributed by atoms with Gasteiger partial charge in [-0.2, -0.15) is 13.2 Å². The monoisotopic (exact) mass is 291 g/mol. The van der Waals surface area contributed by atoms with Crippen molar-refractivity contribution in [3.05, 3.63) is 54.0 Å². The van der Waals surface area contributed by atoms with Crippen LogP contribution >= 0.6 is 0 Å². The summed E-state index contributed by atoms with van der Waals surface area (Å²) in [4.78, 5) is 14.7. The van der Waals surface area contributed by atoms with Crippen LogP contribution in [0.4, 0.5) is 13.2 Å². The average molecular weight is 291 g/mol. The average Bonchev–Trinajstić information content (AvgIpc) is 2.89. The van der Waals surface area contributed by atoms with Crippen LogP contribution in [0.15, 0.2) is 47.1 Å². The van der Waals surface area contributed by atoms with Gasteiger partial charge in [-0.15, -0.1) is 0 Å². The van der Waals surface area contributed by atoms with E-state index in [2.05, 4.69) is 4.98 Å². The molecule has 106 valence electrons. The van der Waals surface area contributed by atoms with Crippen molar-refractivity contribution in [3.8, 4) is 11.1 Å². The summed E-state index contributed by atoms with van der Waals surface area (Å²) in [6, 6.07) is 6.61. The number of aldehydes is 1. The molecule has 21 heavy (non-hydrogen) atoms. The Morgan fingerprint density at radius 2 is 1.86 bits per heavy atom. The predicted molar refractivity (Wildman–Crippen MR) is 69.8 cm³/mol. The van der Waals surface area contributed by atoms with Gasteiger partial charge in [0, 0.05) is 23.3 Å². The second kappa shape index (κ2) is 4.73.